The number of methoxy groups -OCH3 is 2. The van der Waals surface area contributed by atoms with Gasteiger partial charge in [-0.2, -0.15) is 5.10 Å². The molecule has 0 fully saturated rings. The molecular weight excluding hydrogens is 428 g/mol. The fourth-order valence-corrected chi connectivity index (χ4v) is 3.62. The highest BCUT2D eigenvalue weighted by molar-refractivity contribution is 7.71. The van der Waals surface area contributed by atoms with Gasteiger partial charge < -0.3 is 19.5 Å². The Morgan fingerprint density at radius 2 is 1.88 bits per heavy atom. The van der Waals surface area contributed by atoms with Crippen LogP contribution in [0, 0.1) is 4.77 Å². The number of aromatic amines is 1. The van der Waals surface area contributed by atoms with Crippen molar-refractivity contribution >= 4 is 18.1 Å². The molecule has 3 aromatic rings. The lowest BCUT2D eigenvalue weighted by Gasteiger charge is -2.18. The van der Waals surface area contributed by atoms with Crippen molar-refractivity contribution in [2.45, 2.75) is 32.9 Å². The molecule has 1 unspecified atom stereocenters. The zero-order valence-corrected chi connectivity index (χ0v) is 19.5. The maximum atomic E-state index is 12.7. The normalized spacial score (nSPS) is 11.6. The first-order chi connectivity index (χ1) is 15.5. The molecule has 0 bridgehead atoms. The number of hydrogen-bond acceptors (Lipinski definition) is 6. The number of nitrogens with one attached hydrogen (secondary N) is 2. The Labute approximate surface area is 192 Å². The van der Waals surface area contributed by atoms with Crippen molar-refractivity contribution in [3.8, 4) is 28.6 Å². The zero-order valence-electron chi connectivity index (χ0n) is 18.7. The van der Waals surface area contributed by atoms with E-state index in [0.29, 0.717) is 35.2 Å². The summed E-state index contributed by atoms with van der Waals surface area (Å²) in [6.07, 6.45) is 0.245. The molecule has 2 aromatic carbocycles. The number of carbonyl (C=O) groups excluding carboxylic acids is 1. The second-order valence-corrected chi connectivity index (χ2v) is 7.50. The Morgan fingerprint density at radius 1 is 1.16 bits per heavy atom. The van der Waals surface area contributed by atoms with Crippen LogP contribution < -0.4 is 19.5 Å². The Morgan fingerprint density at radius 3 is 2.53 bits per heavy atom. The molecule has 1 atom stereocenters. The van der Waals surface area contributed by atoms with Gasteiger partial charge >= 0.3 is 0 Å². The first-order valence-electron chi connectivity index (χ1n) is 10.4. The van der Waals surface area contributed by atoms with Gasteiger partial charge in [0.15, 0.2) is 10.6 Å². The van der Waals surface area contributed by atoms with Crippen LogP contribution in [0.3, 0.4) is 0 Å². The summed E-state index contributed by atoms with van der Waals surface area (Å²) in [6.45, 7) is 4.85. The lowest BCUT2D eigenvalue weighted by molar-refractivity contribution is -0.121. The van der Waals surface area contributed by atoms with Gasteiger partial charge in [-0.25, -0.2) is 0 Å². The molecule has 0 aliphatic carbocycles. The summed E-state index contributed by atoms with van der Waals surface area (Å²) in [5.41, 5.74) is 1.73. The van der Waals surface area contributed by atoms with Crippen molar-refractivity contribution in [2.24, 2.45) is 0 Å². The molecule has 0 spiro atoms. The van der Waals surface area contributed by atoms with Crippen molar-refractivity contribution < 1.29 is 19.0 Å². The van der Waals surface area contributed by atoms with E-state index in [0.717, 1.165) is 16.9 Å². The molecule has 0 saturated heterocycles. The average Bonchev–Trinajstić information content (AvgIpc) is 3.18. The van der Waals surface area contributed by atoms with Gasteiger partial charge in [-0.15, -0.1) is 0 Å². The molecule has 0 radical (unpaired) electrons. The molecule has 1 heterocycles. The molecule has 9 heteroatoms. The Bertz CT molecular complexity index is 1110. The predicted molar refractivity (Wildman–Crippen MR) is 125 cm³/mol. The number of aromatic nitrogens is 3. The second kappa shape index (κ2) is 10.8. The summed E-state index contributed by atoms with van der Waals surface area (Å²) < 4.78 is 18.5. The molecule has 0 aliphatic heterocycles. The standard InChI is InChI=1S/C23H28N4O4S/c1-5-31-17-8-6-16(7-9-17)22-25-26-23(32)27(22)13-12-21(28)24-15(2)19-14-18(29-3)10-11-20(19)30-4/h6-11,14-15H,5,12-13H2,1-4H3,(H,24,28)(H,26,32). The van der Waals surface area contributed by atoms with Gasteiger partial charge in [0.25, 0.3) is 0 Å². The van der Waals surface area contributed by atoms with E-state index in [1.807, 2.05) is 60.9 Å². The van der Waals surface area contributed by atoms with Crippen molar-refractivity contribution in [1.29, 1.82) is 0 Å². The van der Waals surface area contributed by atoms with Crippen LogP contribution in [0.4, 0.5) is 0 Å². The number of hydrogen-bond donors (Lipinski definition) is 2. The highest BCUT2D eigenvalue weighted by Gasteiger charge is 2.16. The molecule has 0 aliphatic rings. The largest absolute Gasteiger partial charge is 0.497 e. The monoisotopic (exact) mass is 456 g/mol. The van der Waals surface area contributed by atoms with E-state index in [9.17, 15) is 4.79 Å². The number of ether oxygens (including phenoxy) is 3. The van der Waals surface area contributed by atoms with Crippen molar-refractivity contribution in [3.63, 3.8) is 0 Å². The van der Waals surface area contributed by atoms with Gasteiger partial charge in [0.2, 0.25) is 5.91 Å². The molecule has 0 saturated carbocycles. The van der Waals surface area contributed by atoms with Crippen LogP contribution in [0.1, 0.15) is 31.9 Å². The summed E-state index contributed by atoms with van der Waals surface area (Å²) in [6, 6.07) is 12.9. The van der Waals surface area contributed by atoms with Crippen LogP contribution in [-0.2, 0) is 11.3 Å². The minimum atomic E-state index is -0.254. The van der Waals surface area contributed by atoms with Crippen molar-refractivity contribution in [1.82, 2.24) is 20.1 Å². The smallest absolute Gasteiger partial charge is 0.222 e. The Kier molecular flexibility index (Phi) is 7.88. The van der Waals surface area contributed by atoms with Gasteiger partial charge in [0.05, 0.1) is 26.9 Å². The maximum absolute atomic E-state index is 12.7. The van der Waals surface area contributed by atoms with Crippen molar-refractivity contribution in [2.75, 3.05) is 20.8 Å². The third-order valence-electron chi connectivity index (χ3n) is 5.03. The molecule has 2 N–H and O–H groups in total. The van der Waals surface area contributed by atoms with E-state index in [1.165, 1.54) is 0 Å². The van der Waals surface area contributed by atoms with Crippen LogP contribution >= 0.6 is 12.2 Å². The summed E-state index contributed by atoms with van der Waals surface area (Å²) in [4.78, 5) is 12.7. The molecule has 170 valence electrons. The number of rotatable bonds is 10. The van der Waals surface area contributed by atoms with Crippen LogP contribution in [0.5, 0.6) is 17.2 Å². The molecule has 3 rings (SSSR count). The van der Waals surface area contributed by atoms with Crippen LogP contribution in [0.15, 0.2) is 42.5 Å². The fraction of sp³-hybridized carbons (Fsp3) is 0.348. The fourth-order valence-electron chi connectivity index (χ4n) is 3.39. The number of carbonyl (C=O) groups is 1. The van der Waals surface area contributed by atoms with Gasteiger partial charge in [-0.05, 0) is 68.5 Å². The van der Waals surface area contributed by atoms with E-state index < -0.39 is 0 Å². The van der Waals surface area contributed by atoms with Crippen molar-refractivity contribution in [3.05, 3.63) is 52.8 Å². The Hall–Kier alpha value is -3.33. The maximum Gasteiger partial charge on any atom is 0.222 e. The minimum absolute atomic E-state index is 0.108. The van der Waals surface area contributed by atoms with Gasteiger partial charge in [0.1, 0.15) is 17.2 Å². The minimum Gasteiger partial charge on any atom is -0.497 e. The summed E-state index contributed by atoms with van der Waals surface area (Å²) in [5.74, 6) is 2.75. The molecule has 8 nitrogen and oxygen atoms in total. The number of H-pyrrole nitrogens is 1. The van der Waals surface area contributed by atoms with E-state index in [4.69, 9.17) is 26.4 Å². The lowest BCUT2D eigenvalue weighted by Crippen LogP contribution is -2.27. The molecule has 1 aromatic heterocycles. The topological polar surface area (TPSA) is 90.4 Å². The summed E-state index contributed by atoms with van der Waals surface area (Å²) in [7, 11) is 3.20. The molecular formula is C23H28N4O4S. The number of amides is 1. The first-order valence-corrected chi connectivity index (χ1v) is 10.8. The average molecular weight is 457 g/mol. The van der Waals surface area contributed by atoms with Crippen LogP contribution in [-0.4, -0.2) is 41.5 Å². The third-order valence-corrected chi connectivity index (χ3v) is 5.34. The first kappa shape index (κ1) is 23.3. The van der Waals surface area contributed by atoms with Crippen LogP contribution in [0.25, 0.3) is 11.4 Å². The van der Waals surface area contributed by atoms with E-state index in [-0.39, 0.29) is 18.4 Å². The number of nitrogens with zero attached hydrogens (tertiary/aromatic N) is 2. The lowest BCUT2D eigenvalue weighted by atomic mass is 10.1. The van der Waals surface area contributed by atoms with Gasteiger partial charge in [-0.1, -0.05) is 0 Å². The van der Waals surface area contributed by atoms with Gasteiger partial charge in [-0.3, -0.25) is 14.5 Å². The zero-order chi connectivity index (χ0) is 23.1. The van der Waals surface area contributed by atoms with Crippen LogP contribution in [0.2, 0.25) is 0 Å². The van der Waals surface area contributed by atoms with E-state index >= 15 is 0 Å². The van der Waals surface area contributed by atoms with E-state index in [1.54, 1.807) is 14.2 Å². The molecule has 1 amide bonds. The Balaban J connectivity index is 1.68. The summed E-state index contributed by atoms with van der Waals surface area (Å²) >= 11 is 5.38. The third kappa shape index (κ3) is 5.47. The highest BCUT2D eigenvalue weighted by atomic mass is 32.1. The van der Waals surface area contributed by atoms with Gasteiger partial charge in [0, 0.05) is 24.1 Å². The van der Waals surface area contributed by atoms with E-state index in [2.05, 4.69) is 15.5 Å². The number of benzene rings is 2. The second-order valence-electron chi connectivity index (χ2n) is 7.11. The quantitative estimate of drug-likeness (QED) is 0.442. The molecule has 32 heavy (non-hydrogen) atoms. The summed E-state index contributed by atoms with van der Waals surface area (Å²) in [5, 5.41) is 10.2. The predicted octanol–water partition coefficient (Wildman–Crippen LogP) is 4.29. The SMILES string of the molecule is CCOc1ccc(-c2n[nH]c(=S)n2CCC(=O)NC(C)c2cc(OC)ccc2OC)cc1. The highest BCUT2D eigenvalue weighted by Crippen LogP contribution is 2.29.